The molecule has 4 nitrogen and oxygen atoms in total. The monoisotopic (exact) mass is 315 g/mol. The van der Waals surface area contributed by atoms with E-state index < -0.39 is 0 Å². The Bertz CT molecular complexity index is 499. The van der Waals surface area contributed by atoms with Gasteiger partial charge < -0.3 is 10.2 Å². The van der Waals surface area contributed by atoms with E-state index in [0.29, 0.717) is 17.9 Å². The number of hydrogen-bond donors (Lipinski definition) is 1. The lowest BCUT2D eigenvalue weighted by Crippen LogP contribution is -2.53. The zero-order valence-electron chi connectivity index (χ0n) is 14.2. The standard InChI is InChI=1S/C19H29N3O/c1-16-14-21(15-18-5-3-2-4-6-18)11-12-22(16)19(23)8-7-17-9-10-20-13-17/h2-6,16-17,20H,7-15H2,1H3/t16-,17?/m1/s1. The number of hydrogen-bond acceptors (Lipinski definition) is 3. The SMILES string of the molecule is C[C@@H]1CN(Cc2ccccc2)CCN1C(=O)CCC1CCNC1. The Morgan fingerprint density at radius 3 is 2.78 bits per heavy atom. The molecule has 1 aromatic carbocycles. The van der Waals surface area contributed by atoms with Gasteiger partial charge in [0.15, 0.2) is 0 Å². The van der Waals surface area contributed by atoms with Crippen molar-refractivity contribution >= 4 is 5.91 Å². The highest BCUT2D eigenvalue weighted by Gasteiger charge is 2.27. The number of carbonyl (C=O) groups excluding carboxylic acids is 1. The van der Waals surface area contributed by atoms with Crippen LogP contribution in [0.15, 0.2) is 30.3 Å². The molecule has 1 aromatic rings. The highest BCUT2D eigenvalue weighted by atomic mass is 16.2. The van der Waals surface area contributed by atoms with Crippen LogP contribution in [0.2, 0.25) is 0 Å². The first kappa shape index (κ1) is 16.5. The molecule has 0 saturated carbocycles. The molecular formula is C19H29N3O. The zero-order chi connectivity index (χ0) is 16.1. The van der Waals surface area contributed by atoms with Crippen molar-refractivity contribution in [3.8, 4) is 0 Å². The van der Waals surface area contributed by atoms with Gasteiger partial charge in [-0.15, -0.1) is 0 Å². The van der Waals surface area contributed by atoms with Gasteiger partial charge in [0.25, 0.3) is 0 Å². The third kappa shape index (κ3) is 4.55. The maximum absolute atomic E-state index is 12.5. The van der Waals surface area contributed by atoms with E-state index in [9.17, 15) is 4.79 Å². The summed E-state index contributed by atoms with van der Waals surface area (Å²) in [5, 5.41) is 3.38. The predicted molar refractivity (Wildman–Crippen MR) is 93.1 cm³/mol. The van der Waals surface area contributed by atoms with Crippen LogP contribution in [0.3, 0.4) is 0 Å². The molecule has 23 heavy (non-hydrogen) atoms. The number of nitrogens with one attached hydrogen (secondary N) is 1. The number of rotatable bonds is 5. The van der Waals surface area contributed by atoms with Gasteiger partial charge in [0, 0.05) is 38.6 Å². The van der Waals surface area contributed by atoms with Crippen LogP contribution in [-0.4, -0.2) is 54.5 Å². The molecule has 0 aromatic heterocycles. The first-order valence-corrected chi connectivity index (χ1v) is 8.99. The molecule has 0 bridgehead atoms. The minimum Gasteiger partial charge on any atom is -0.337 e. The Morgan fingerprint density at radius 1 is 1.26 bits per heavy atom. The second-order valence-corrected chi connectivity index (χ2v) is 7.05. The molecule has 2 atom stereocenters. The van der Waals surface area contributed by atoms with E-state index >= 15 is 0 Å². The second-order valence-electron chi connectivity index (χ2n) is 7.05. The molecule has 2 saturated heterocycles. The summed E-state index contributed by atoms with van der Waals surface area (Å²) in [5.41, 5.74) is 1.35. The quantitative estimate of drug-likeness (QED) is 0.904. The minimum absolute atomic E-state index is 0.321. The summed E-state index contributed by atoms with van der Waals surface area (Å²) in [7, 11) is 0. The summed E-state index contributed by atoms with van der Waals surface area (Å²) < 4.78 is 0. The molecule has 2 heterocycles. The molecule has 1 amide bonds. The van der Waals surface area contributed by atoms with Gasteiger partial charge in [0.1, 0.15) is 0 Å². The Labute approximate surface area is 139 Å². The smallest absolute Gasteiger partial charge is 0.222 e. The Balaban J connectivity index is 1.45. The van der Waals surface area contributed by atoms with Crippen LogP contribution >= 0.6 is 0 Å². The van der Waals surface area contributed by atoms with Crippen LogP contribution in [0.4, 0.5) is 0 Å². The molecule has 126 valence electrons. The lowest BCUT2D eigenvalue weighted by Gasteiger charge is -2.40. The molecule has 0 radical (unpaired) electrons. The molecule has 0 aliphatic carbocycles. The van der Waals surface area contributed by atoms with Crippen molar-refractivity contribution in [3.05, 3.63) is 35.9 Å². The molecule has 2 fully saturated rings. The van der Waals surface area contributed by atoms with E-state index in [1.165, 1.54) is 12.0 Å². The predicted octanol–water partition coefficient (Wildman–Crippen LogP) is 2.11. The van der Waals surface area contributed by atoms with Gasteiger partial charge in [-0.2, -0.15) is 0 Å². The van der Waals surface area contributed by atoms with Gasteiger partial charge in [-0.25, -0.2) is 0 Å². The summed E-state index contributed by atoms with van der Waals surface area (Å²) in [6.45, 7) is 8.21. The van der Waals surface area contributed by atoms with Crippen LogP contribution in [0.5, 0.6) is 0 Å². The van der Waals surface area contributed by atoms with Gasteiger partial charge in [-0.3, -0.25) is 9.69 Å². The van der Waals surface area contributed by atoms with Crippen molar-refractivity contribution in [3.63, 3.8) is 0 Å². The summed E-state index contributed by atoms with van der Waals surface area (Å²) >= 11 is 0. The zero-order valence-corrected chi connectivity index (χ0v) is 14.2. The van der Waals surface area contributed by atoms with Crippen molar-refractivity contribution in [1.29, 1.82) is 0 Å². The normalized spacial score (nSPS) is 25.7. The summed E-state index contributed by atoms with van der Waals surface area (Å²) in [4.78, 5) is 17.1. The molecule has 1 unspecified atom stereocenters. The fraction of sp³-hybridized carbons (Fsp3) is 0.632. The van der Waals surface area contributed by atoms with Crippen molar-refractivity contribution < 1.29 is 4.79 Å². The summed E-state index contributed by atoms with van der Waals surface area (Å²) in [5.74, 6) is 1.05. The van der Waals surface area contributed by atoms with Crippen LogP contribution in [0.1, 0.15) is 31.7 Å². The molecule has 3 rings (SSSR count). The first-order valence-electron chi connectivity index (χ1n) is 8.99. The van der Waals surface area contributed by atoms with Crippen LogP contribution in [0.25, 0.3) is 0 Å². The van der Waals surface area contributed by atoms with E-state index in [-0.39, 0.29) is 0 Å². The third-order valence-electron chi connectivity index (χ3n) is 5.21. The largest absolute Gasteiger partial charge is 0.337 e. The van der Waals surface area contributed by atoms with Crippen LogP contribution in [0, 0.1) is 5.92 Å². The third-order valence-corrected chi connectivity index (χ3v) is 5.21. The summed E-state index contributed by atoms with van der Waals surface area (Å²) in [6, 6.07) is 10.9. The minimum atomic E-state index is 0.321. The van der Waals surface area contributed by atoms with Crippen molar-refractivity contribution in [2.75, 3.05) is 32.7 Å². The Hall–Kier alpha value is -1.39. The maximum atomic E-state index is 12.5. The molecule has 2 aliphatic rings. The van der Waals surface area contributed by atoms with Gasteiger partial charge in [-0.1, -0.05) is 30.3 Å². The number of benzene rings is 1. The lowest BCUT2D eigenvalue weighted by molar-refractivity contribution is -0.136. The van der Waals surface area contributed by atoms with Crippen molar-refractivity contribution in [2.45, 2.75) is 38.8 Å². The number of piperazine rings is 1. The van der Waals surface area contributed by atoms with E-state index in [0.717, 1.165) is 52.1 Å². The van der Waals surface area contributed by atoms with Gasteiger partial charge in [0.05, 0.1) is 0 Å². The Kier molecular flexibility index (Phi) is 5.68. The van der Waals surface area contributed by atoms with Gasteiger partial charge in [0.2, 0.25) is 5.91 Å². The molecule has 1 N–H and O–H groups in total. The topological polar surface area (TPSA) is 35.6 Å². The highest BCUT2D eigenvalue weighted by Crippen LogP contribution is 2.18. The number of amides is 1. The summed E-state index contributed by atoms with van der Waals surface area (Å²) in [6.07, 6.45) is 2.99. The van der Waals surface area contributed by atoms with E-state index in [1.54, 1.807) is 0 Å². The van der Waals surface area contributed by atoms with Crippen LogP contribution < -0.4 is 5.32 Å². The van der Waals surface area contributed by atoms with Crippen LogP contribution in [-0.2, 0) is 11.3 Å². The Morgan fingerprint density at radius 2 is 2.09 bits per heavy atom. The number of nitrogens with zero attached hydrogens (tertiary/aromatic N) is 2. The fourth-order valence-corrected chi connectivity index (χ4v) is 3.82. The van der Waals surface area contributed by atoms with Gasteiger partial charge >= 0.3 is 0 Å². The van der Waals surface area contributed by atoms with E-state index in [1.807, 2.05) is 0 Å². The number of carbonyl (C=O) groups is 1. The average Bonchev–Trinajstić information content (AvgIpc) is 3.07. The molecule has 0 spiro atoms. The fourth-order valence-electron chi connectivity index (χ4n) is 3.82. The lowest BCUT2D eigenvalue weighted by atomic mass is 10.0. The molecule has 2 aliphatic heterocycles. The van der Waals surface area contributed by atoms with Crippen molar-refractivity contribution in [2.24, 2.45) is 5.92 Å². The van der Waals surface area contributed by atoms with E-state index in [4.69, 9.17) is 0 Å². The highest BCUT2D eigenvalue weighted by molar-refractivity contribution is 5.76. The maximum Gasteiger partial charge on any atom is 0.222 e. The van der Waals surface area contributed by atoms with Gasteiger partial charge in [-0.05, 0) is 44.3 Å². The molecule has 4 heteroatoms. The first-order chi connectivity index (χ1) is 11.2. The second kappa shape index (κ2) is 7.93. The molecular weight excluding hydrogens is 286 g/mol. The van der Waals surface area contributed by atoms with E-state index in [2.05, 4.69) is 52.4 Å². The van der Waals surface area contributed by atoms with Crippen molar-refractivity contribution in [1.82, 2.24) is 15.1 Å². The average molecular weight is 315 g/mol.